The lowest BCUT2D eigenvalue weighted by atomic mass is 10.2. The molecule has 1 aromatic carbocycles. The summed E-state index contributed by atoms with van der Waals surface area (Å²) < 4.78 is 5.79. The number of ether oxygens (including phenoxy) is 1. The number of rotatable bonds is 6. The van der Waals surface area contributed by atoms with Crippen molar-refractivity contribution in [3.63, 3.8) is 0 Å². The monoisotopic (exact) mass is 276 g/mol. The standard InChI is InChI=1S/C15H20N2OS/c1-11(2)16-8-13-10-19-15(17-13)9-18-14-7-5-4-6-12(14)3/h4-7,10-11,16H,8-9H2,1-3H3. The van der Waals surface area contributed by atoms with Gasteiger partial charge in [-0.2, -0.15) is 0 Å². The van der Waals surface area contributed by atoms with Crippen molar-refractivity contribution in [1.82, 2.24) is 10.3 Å². The van der Waals surface area contributed by atoms with Gasteiger partial charge in [-0.15, -0.1) is 11.3 Å². The smallest absolute Gasteiger partial charge is 0.140 e. The van der Waals surface area contributed by atoms with Gasteiger partial charge in [-0.25, -0.2) is 4.98 Å². The molecule has 0 spiro atoms. The molecule has 2 rings (SSSR count). The predicted molar refractivity (Wildman–Crippen MR) is 79.6 cm³/mol. The van der Waals surface area contributed by atoms with Gasteiger partial charge in [0.25, 0.3) is 0 Å². The fourth-order valence-corrected chi connectivity index (χ4v) is 2.37. The highest BCUT2D eigenvalue weighted by molar-refractivity contribution is 7.09. The highest BCUT2D eigenvalue weighted by atomic mass is 32.1. The van der Waals surface area contributed by atoms with Crippen molar-refractivity contribution in [3.8, 4) is 5.75 Å². The lowest BCUT2D eigenvalue weighted by Crippen LogP contribution is -2.21. The largest absolute Gasteiger partial charge is 0.486 e. The van der Waals surface area contributed by atoms with Gasteiger partial charge in [0.1, 0.15) is 17.4 Å². The van der Waals surface area contributed by atoms with Gasteiger partial charge in [0.15, 0.2) is 0 Å². The maximum Gasteiger partial charge on any atom is 0.140 e. The molecule has 0 aliphatic carbocycles. The molecule has 4 heteroatoms. The molecule has 0 atom stereocenters. The third-order valence-corrected chi connectivity index (χ3v) is 3.61. The minimum Gasteiger partial charge on any atom is -0.486 e. The van der Waals surface area contributed by atoms with E-state index >= 15 is 0 Å². The lowest BCUT2D eigenvalue weighted by molar-refractivity contribution is 0.303. The minimum absolute atomic E-state index is 0.480. The maximum atomic E-state index is 5.79. The Balaban J connectivity index is 1.88. The summed E-state index contributed by atoms with van der Waals surface area (Å²) in [5.74, 6) is 0.930. The fraction of sp³-hybridized carbons (Fsp3) is 0.400. The molecule has 0 bridgehead atoms. The molecule has 3 nitrogen and oxygen atoms in total. The number of hydrogen-bond donors (Lipinski definition) is 1. The topological polar surface area (TPSA) is 34.1 Å². The van der Waals surface area contributed by atoms with Gasteiger partial charge in [0, 0.05) is 18.0 Å². The molecule has 1 heterocycles. The van der Waals surface area contributed by atoms with Gasteiger partial charge in [0.2, 0.25) is 0 Å². The summed E-state index contributed by atoms with van der Waals surface area (Å²) in [6.45, 7) is 7.67. The van der Waals surface area contributed by atoms with Crippen LogP contribution in [0.1, 0.15) is 30.1 Å². The Hall–Kier alpha value is -1.39. The molecule has 102 valence electrons. The van der Waals surface area contributed by atoms with Crippen LogP contribution in [0.25, 0.3) is 0 Å². The first-order valence-corrected chi connectivity index (χ1v) is 7.38. The molecule has 19 heavy (non-hydrogen) atoms. The number of thiazole rings is 1. The number of benzene rings is 1. The van der Waals surface area contributed by atoms with E-state index in [1.807, 2.05) is 18.2 Å². The average Bonchev–Trinajstić information content (AvgIpc) is 2.83. The zero-order valence-corrected chi connectivity index (χ0v) is 12.5. The SMILES string of the molecule is Cc1ccccc1OCc1nc(CNC(C)C)cs1. The summed E-state index contributed by atoms with van der Waals surface area (Å²) in [7, 11) is 0. The van der Waals surface area contributed by atoms with Crippen molar-refractivity contribution in [2.75, 3.05) is 0 Å². The quantitative estimate of drug-likeness (QED) is 0.876. The number of nitrogens with one attached hydrogen (secondary N) is 1. The van der Waals surface area contributed by atoms with Crippen LogP contribution in [0.15, 0.2) is 29.6 Å². The minimum atomic E-state index is 0.480. The van der Waals surface area contributed by atoms with E-state index in [1.54, 1.807) is 11.3 Å². The van der Waals surface area contributed by atoms with Crippen LogP contribution in [0.4, 0.5) is 0 Å². The molecule has 0 unspecified atom stereocenters. The Morgan fingerprint density at radius 3 is 2.84 bits per heavy atom. The van der Waals surface area contributed by atoms with Gasteiger partial charge >= 0.3 is 0 Å². The van der Waals surface area contributed by atoms with Gasteiger partial charge < -0.3 is 10.1 Å². The van der Waals surface area contributed by atoms with E-state index in [9.17, 15) is 0 Å². The highest BCUT2D eigenvalue weighted by Gasteiger charge is 2.04. The van der Waals surface area contributed by atoms with Crippen LogP contribution in [-0.4, -0.2) is 11.0 Å². The Labute approximate surface area is 118 Å². The van der Waals surface area contributed by atoms with E-state index in [2.05, 4.69) is 42.5 Å². The van der Waals surface area contributed by atoms with Crippen LogP contribution < -0.4 is 10.1 Å². The Bertz CT molecular complexity index is 522. The van der Waals surface area contributed by atoms with Crippen molar-refractivity contribution in [1.29, 1.82) is 0 Å². The Kier molecular flexibility index (Phi) is 4.93. The Morgan fingerprint density at radius 1 is 1.32 bits per heavy atom. The maximum absolute atomic E-state index is 5.79. The number of nitrogens with zero attached hydrogens (tertiary/aromatic N) is 1. The van der Waals surface area contributed by atoms with Crippen molar-refractivity contribution >= 4 is 11.3 Å². The second kappa shape index (κ2) is 6.68. The summed E-state index contributed by atoms with van der Waals surface area (Å²) in [5.41, 5.74) is 2.24. The first-order chi connectivity index (χ1) is 9.15. The second-order valence-corrected chi connectivity index (χ2v) is 5.77. The first kappa shape index (κ1) is 14.0. The molecule has 0 saturated carbocycles. The van der Waals surface area contributed by atoms with E-state index < -0.39 is 0 Å². The van der Waals surface area contributed by atoms with Crippen LogP contribution >= 0.6 is 11.3 Å². The summed E-state index contributed by atoms with van der Waals surface area (Å²) in [6.07, 6.45) is 0. The van der Waals surface area contributed by atoms with E-state index in [0.717, 1.165) is 28.6 Å². The molecule has 0 aliphatic rings. The molecule has 0 aliphatic heterocycles. The van der Waals surface area contributed by atoms with E-state index in [1.165, 1.54) is 0 Å². The molecular formula is C15H20N2OS. The average molecular weight is 276 g/mol. The first-order valence-electron chi connectivity index (χ1n) is 6.50. The normalized spacial score (nSPS) is 10.9. The molecule has 1 N–H and O–H groups in total. The fourth-order valence-electron chi connectivity index (χ4n) is 1.66. The van der Waals surface area contributed by atoms with Gasteiger partial charge in [-0.3, -0.25) is 0 Å². The highest BCUT2D eigenvalue weighted by Crippen LogP contribution is 2.19. The van der Waals surface area contributed by atoms with Crippen molar-refractivity contribution in [2.45, 2.75) is 40.0 Å². The second-order valence-electron chi connectivity index (χ2n) is 4.82. The van der Waals surface area contributed by atoms with Gasteiger partial charge in [-0.05, 0) is 18.6 Å². The van der Waals surface area contributed by atoms with E-state index in [0.29, 0.717) is 12.6 Å². The van der Waals surface area contributed by atoms with Crippen LogP contribution in [0.3, 0.4) is 0 Å². The zero-order valence-electron chi connectivity index (χ0n) is 11.6. The van der Waals surface area contributed by atoms with Crippen LogP contribution in [0.5, 0.6) is 5.75 Å². The molecular weight excluding hydrogens is 256 g/mol. The van der Waals surface area contributed by atoms with Crippen molar-refractivity contribution in [3.05, 3.63) is 45.9 Å². The zero-order chi connectivity index (χ0) is 13.7. The molecule has 2 aromatic rings. The number of aromatic nitrogens is 1. The molecule has 0 fully saturated rings. The lowest BCUT2D eigenvalue weighted by Gasteiger charge is -2.07. The summed E-state index contributed by atoms with van der Waals surface area (Å²) >= 11 is 1.65. The van der Waals surface area contributed by atoms with E-state index in [-0.39, 0.29) is 0 Å². The third kappa shape index (κ3) is 4.33. The van der Waals surface area contributed by atoms with Gasteiger partial charge in [-0.1, -0.05) is 32.0 Å². The third-order valence-electron chi connectivity index (χ3n) is 2.74. The van der Waals surface area contributed by atoms with Crippen molar-refractivity contribution < 1.29 is 4.74 Å². The molecule has 0 saturated heterocycles. The number of para-hydroxylation sites is 1. The molecule has 0 amide bonds. The van der Waals surface area contributed by atoms with Crippen LogP contribution in [0, 0.1) is 6.92 Å². The van der Waals surface area contributed by atoms with Crippen molar-refractivity contribution in [2.24, 2.45) is 0 Å². The summed E-state index contributed by atoms with van der Waals surface area (Å²) in [4.78, 5) is 4.56. The number of hydrogen-bond acceptors (Lipinski definition) is 4. The van der Waals surface area contributed by atoms with E-state index in [4.69, 9.17) is 4.74 Å². The molecule has 0 radical (unpaired) electrons. The van der Waals surface area contributed by atoms with Gasteiger partial charge in [0.05, 0.1) is 5.69 Å². The summed E-state index contributed by atoms with van der Waals surface area (Å²) in [5, 5.41) is 6.47. The number of aryl methyl sites for hydroxylation is 1. The predicted octanol–water partition coefficient (Wildman–Crippen LogP) is 3.53. The Morgan fingerprint density at radius 2 is 2.11 bits per heavy atom. The van der Waals surface area contributed by atoms with Crippen LogP contribution in [0.2, 0.25) is 0 Å². The molecule has 1 aromatic heterocycles. The summed E-state index contributed by atoms with van der Waals surface area (Å²) in [6, 6.07) is 8.52. The van der Waals surface area contributed by atoms with Crippen LogP contribution in [-0.2, 0) is 13.2 Å².